The zero-order chi connectivity index (χ0) is 23.4. The Morgan fingerprint density at radius 1 is 0.970 bits per heavy atom. The van der Waals surface area contributed by atoms with Crippen LogP contribution in [0.25, 0.3) is 11.0 Å². The van der Waals surface area contributed by atoms with E-state index in [9.17, 15) is 14.7 Å². The lowest BCUT2D eigenvalue weighted by atomic mass is 10.1. The number of carbonyl (C=O) groups excluding carboxylic acids is 1. The van der Waals surface area contributed by atoms with Gasteiger partial charge in [-0.25, -0.2) is 4.98 Å². The molecule has 0 unspecified atom stereocenters. The fraction of sp³-hybridized carbons (Fsp3) is 0.222. The van der Waals surface area contributed by atoms with Crippen molar-refractivity contribution in [3.05, 3.63) is 101 Å². The summed E-state index contributed by atoms with van der Waals surface area (Å²) in [5.41, 5.74) is 5.51. The van der Waals surface area contributed by atoms with Gasteiger partial charge in [0.05, 0.1) is 11.0 Å². The summed E-state index contributed by atoms with van der Waals surface area (Å²) < 4.78 is 2.12. The van der Waals surface area contributed by atoms with Gasteiger partial charge in [0.25, 0.3) is 5.91 Å². The predicted octanol–water partition coefficient (Wildman–Crippen LogP) is 4.47. The number of hydrogen-bond acceptors (Lipinski definition) is 3. The first-order valence-electron chi connectivity index (χ1n) is 11.0. The van der Waals surface area contributed by atoms with Crippen LogP contribution < -0.4 is 0 Å². The number of imidazole rings is 1. The van der Waals surface area contributed by atoms with Crippen LogP contribution in [-0.2, 0) is 17.8 Å². The molecule has 0 aliphatic heterocycles. The highest BCUT2D eigenvalue weighted by atomic mass is 16.4. The number of rotatable bonds is 8. The molecule has 3 aromatic carbocycles. The van der Waals surface area contributed by atoms with Crippen LogP contribution in [0, 0.1) is 13.8 Å². The largest absolute Gasteiger partial charge is 0.480 e. The van der Waals surface area contributed by atoms with Gasteiger partial charge in [-0.05, 0) is 55.2 Å². The maximum absolute atomic E-state index is 13.2. The molecule has 0 radical (unpaired) electrons. The lowest BCUT2D eigenvalue weighted by Crippen LogP contribution is -2.37. The van der Waals surface area contributed by atoms with E-state index < -0.39 is 5.97 Å². The number of aryl methyl sites for hydroxylation is 2. The van der Waals surface area contributed by atoms with Gasteiger partial charge in [0.2, 0.25) is 0 Å². The second-order valence-electron chi connectivity index (χ2n) is 8.23. The fourth-order valence-corrected chi connectivity index (χ4v) is 4.09. The minimum absolute atomic E-state index is 0.303. The molecule has 0 fully saturated rings. The molecule has 4 rings (SSSR count). The zero-order valence-corrected chi connectivity index (χ0v) is 18.9. The highest BCUT2D eigenvalue weighted by Gasteiger charge is 2.20. The summed E-state index contributed by atoms with van der Waals surface area (Å²) in [6.45, 7) is 4.64. The molecule has 0 bridgehead atoms. The van der Waals surface area contributed by atoms with E-state index in [1.165, 1.54) is 10.5 Å². The van der Waals surface area contributed by atoms with E-state index >= 15 is 0 Å². The van der Waals surface area contributed by atoms with Crippen LogP contribution in [0.1, 0.15) is 32.9 Å². The summed E-state index contributed by atoms with van der Waals surface area (Å²) in [6, 6.07) is 23.5. The molecule has 33 heavy (non-hydrogen) atoms. The molecule has 0 aliphatic rings. The highest BCUT2D eigenvalue weighted by Crippen LogP contribution is 2.21. The van der Waals surface area contributed by atoms with Gasteiger partial charge >= 0.3 is 5.97 Å². The Labute approximate surface area is 193 Å². The van der Waals surface area contributed by atoms with Crippen molar-refractivity contribution < 1.29 is 14.7 Å². The number of carboxylic acids is 1. The lowest BCUT2D eigenvalue weighted by molar-refractivity contribution is -0.137. The summed E-state index contributed by atoms with van der Waals surface area (Å²) in [5, 5.41) is 9.37. The number of amides is 1. The number of hydrogen-bond donors (Lipinski definition) is 1. The molecular weight excluding hydrogens is 414 g/mol. The minimum atomic E-state index is -1.03. The second kappa shape index (κ2) is 9.69. The number of nitrogens with zero attached hydrogens (tertiary/aromatic N) is 3. The number of carbonyl (C=O) groups is 2. The summed E-state index contributed by atoms with van der Waals surface area (Å²) in [7, 11) is 0. The molecule has 0 spiro atoms. The van der Waals surface area contributed by atoms with Gasteiger partial charge in [-0.3, -0.25) is 9.59 Å². The van der Waals surface area contributed by atoms with Crippen LogP contribution in [0.3, 0.4) is 0 Å². The first-order chi connectivity index (χ1) is 15.9. The van der Waals surface area contributed by atoms with Gasteiger partial charge < -0.3 is 14.6 Å². The molecule has 0 saturated heterocycles. The van der Waals surface area contributed by atoms with Gasteiger partial charge in [0, 0.05) is 18.7 Å². The van der Waals surface area contributed by atoms with Gasteiger partial charge in [0.15, 0.2) is 0 Å². The third-order valence-electron chi connectivity index (χ3n) is 5.90. The third kappa shape index (κ3) is 5.12. The van der Waals surface area contributed by atoms with Crippen LogP contribution in [0.5, 0.6) is 0 Å². The van der Waals surface area contributed by atoms with Crippen LogP contribution >= 0.6 is 0 Å². The predicted molar refractivity (Wildman–Crippen MR) is 128 cm³/mol. The van der Waals surface area contributed by atoms with Crippen molar-refractivity contribution in [2.24, 2.45) is 0 Å². The Balaban J connectivity index is 1.58. The molecule has 0 saturated carbocycles. The van der Waals surface area contributed by atoms with Crippen LogP contribution in [-0.4, -0.2) is 44.5 Å². The molecule has 0 atom stereocenters. The molecule has 6 heteroatoms. The average Bonchev–Trinajstić information content (AvgIpc) is 3.11. The minimum Gasteiger partial charge on any atom is -0.480 e. The van der Waals surface area contributed by atoms with E-state index in [1.54, 1.807) is 12.1 Å². The monoisotopic (exact) mass is 441 g/mol. The van der Waals surface area contributed by atoms with E-state index in [0.29, 0.717) is 25.1 Å². The Morgan fingerprint density at radius 3 is 2.42 bits per heavy atom. The molecular formula is C27H27N3O3. The molecule has 4 aromatic rings. The van der Waals surface area contributed by atoms with Crippen molar-refractivity contribution in [1.29, 1.82) is 0 Å². The number of fused-ring (bicyclic) bond motifs is 1. The number of benzene rings is 3. The molecule has 1 aromatic heterocycles. The van der Waals surface area contributed by atoms with E-state index in [4.69, 9.17) is 0 Å². The standard InChI is InChI=1S/C27H27N3O3/c1-19-8-6-7-11-22(19)14-15-29(18-26(31)32)27(33)23-12-13-25-24(16-23)28-20(2)30(25)17-21-9-4-3-5-10-21/h3-13,16H,14-15,17-18H2,1-2H3,(H,31,32). The molecule has 1 heterocycles. The summed E-state index contributed by atoms with van der Waals surface area (Å²) in [4.78, 5) is 30.7. The maximum Gasteiger partial charge on any atom is 0.323 e. The van der Waals surface area contributed by atoms with Crippen molar-refractivity contribution in [1.82, 2.24) is 14.5 Å². The molecule has 0 aliphatic carbocycles. The topological polar surface area (TPSA) is 75.4 Å². The Hall–Kier alpha value is -3.93. The van der Waals surface area contributed by atoms with Crippen molar-refractivity contribution >= 4 is 22.9 Å². The van der Waals surface area contributed by atoms with Crippen LogP contribution in [0.4, 0.5) is 0 Å². The Kier molecular flexibility index (Phi) is 6.54. The highest BCUT2D eigenvalue weighted by molar-refractivity contribution is 5.98. The summed E-state index contributed by atoms with van der Waals surface area (Å²) in [5.74, 6) is -0.472. The first kappa shape index (κ1) is 22.3. The van der Waals surface area contributed by atoms with Crippen molar-refractivity contribution in [3.63, 3.8) is 0 Å². The van der Waals surface area contributed by atoms with Gasteiger partial charge in [-0.2, -0.15) is 0 Å². The second-order valence-corrected chi connectivity index (χ2v) is 8.23. The van der Waals surface area contributed by atoms with Crippen molar-refractivity contribution in [3.8, 4) is 0 Å². The van der Waals surface area contributed by atoms with Gasteiger partial charge in [-0.1, -0.05) is 54.6 Å². The normalized spacial score (nSPS) is 11.0. The number of carboxylic acid groups (broad SMARTS) is 1. The van der Waals surface area contributed by atoms with Gasteiger partial charge in [-0.15, -0.1) is 0 Å². The smallest absolute Gasteiger partial charge is 0.323 e. The molecule has 1 amide bonds. The van der Waals surface area contributed by atoms with Gasteiger partial charge in [0.1, 0.15) is 12.4 Å². The zero-order valence-electron chi connectivity index (χ0n) is 18.9. The molecule has 6 nitrogen and oxygen atoms in total. The Morgan fingerprint density at radius 2 is 1.70 bits per heavy atom. The van der Waals surface area contributed by atoms with Crippen LogP contribution in [0.15, 0.2) is 72.8 Å². The third-order valence-corrected chi connectivity index (χ3v) is 5.90. The van der Waals surface area contributed by atoms with Crippen molar-refractivity contribution in [2.45, 2.75) is 26.8 Å². The SMILES string of the molecule is Cc1ccccc1CCN(CC(=O)O)C(=O)c1ccc2c(c1)nc(C)n2Cc1ccccc1. The maximum atomic E-state index is 13.2. The fourth-order valence-electron chi connectivity index (χ4n) is 4.09. The van der Waals surface area contributed by atoms with E-state index in [2.05, 4.69) is 21.7 Å². The number of aromatic nitrogens is 2. The summed E-state index contributed by atoms with van der Waals surface area (Å²) >= 11 is 0. The number of aliphatic carboxylic acids is 1. The van der Waals surface area contributed by atoms with E-state index in [-0.39, 0.29) is 12.5 Å². The van der Waals surface area contributed by atoms with E-state index in [0.717, 1.165) is 28.0 Å². The van der Waals surface area contributed by atoms with E-state index in [1.807, 2.05) is 62.4 Å². The Bertz CT molecular complexity index is 1290. The first-order valence-corrected chi connectivity index (χ1v) is 11.0. The van der Waals surface area contributed by atoms with Crippen LogP contribution in [0.2, 0.25) is 0 Å². The average molecular weight is 442 g/mol. The molecule has 168 valence electrons. The molecule has 1 N–H and O–H groups in total. The lowest BCUT2D eigenvalue weighted by Gasteiger charge is -2.21. The van der Waals surface area contributed by atoms with Crippen molar-refractivity contribution in [2.75, 3.05) is 13.1 Å². The summed E-state index contributed by atoms with van der Waals surface area (Å²) in [6.07, 6.45) is 0.596. The quantitative estimate of drug-likeness (QED) is 0.438.